The van der Waals surface area contributed by atoms with Gasteiger partial charge in [-0.05, 0) is 37.6 Å². The minimum atomic E-state index is 0.282. The molecule has 1 rings (SSSR count). The number of hydrogen-bond acceptors (Lipinski definition) is 3. The fourth-order valence-electron chi connectivity index (χ4n) is 2.17. The maximum Gasteiger partial charge on any atom is 0.205 e. The van der Waals surface area contributed by atoms with Crippen LogP contribution in [0.25, 0.3) is 0 Å². The highest BCUT2D eigenvalue weighted by Gasteiger charge is 2.20. The second kappa shape index (κ2) is 5.92. The van der Waals surface area contributed by atoms with Crippen LogP contribution in [0.1, 0.15) is 25.7 Å². The van der Waals surface area contributed by atoms with Crippen molar-refractivity contribution in [1.29, 1.82) is 5.41 Å². The second-order valence-electron chi connectivity index (χ2n) is 4.47. The zero-order chi connectivity index (χ0) is 11.3. The summed E-state index contributed by atoms with van der Waals surface area (Å²) in [6.07, 6.45) is 4.96. The summed E-state index contributed by atoms with van der Waals surface area (Å²) in [6, 6.07) is 0. The maximum atomic E-state index is 7.52. The van der Waals surface area contributed by atoms with Gasteiger partial charge < -0.3 is 11.1 Å². The Kier molecular flexibility index (Phi) is 4.84. The number of nitrogens with zero attached hydrogens (tertiary/aromatic N) is 1. The molecule has 0 unspecified atom stereocenters. The fourth-order valence-corrected chi connectivity index (χ4v) is 2.17. The summed E-state index contributed by atoms with van der Waals surface area (Å²) in [6.45, 7) is 1.64. The topological polar surface area (TPSA) is 91.2 Å². The van der Waals surface area contributed by atoms with Crippen molar-refractivity contribution in [3.63, 3.8) is 0 Å². The Bertz CT molecular complexity index is 204. The lowest BCUT2D eigenvalue weighted by Crippen LogP contribution is -2.44. The molecule has 1 aliphatic carbocycles. The smallest absolute Gasteiger partial charge is 0.205 e. The number of guanidine groups is 1. The first kappa shape index (κ1) is 12.3. The lowest BCUT2D eigenvalue weighted by atomic mass is 9.81. The molecule has 5 heteroatoms. The van der Waals surface area contributed by atoms with Crippen molar-refractivity contribution in [2.75, 3.05) is 20.1 Å². The highest BCUT2D eigenvalue weighted by atomic mass is 15.5. The number of hydrazine groups is 1. The van der Waals surface area contributed by atoms with Crippen molar-refractivity contribution in [1.82, 2.24) is 10.3 Å². The van der Waals surface area contributed by atoms with Gasteiger partial charge in [0.2, 0.25) is 5.96 Å². The maximum absolute atomic E-state index is 7.52. The van der Waals surface area contributed by atoms with Crippen molar-refractivity contribution >= 4 is 5.96 Å². The zero-order valence-electron chi connectivity index (χ0n) is 9.50. The molecule has 0 saturated heterocycles. The number of nitrogens with one attached hydrogen (secondary N) is 2. The molecule has 0 spiro atoms. The van der Waals surface area contributed by atoms with E-state index in [1.54, 1.807) is 7.05 Å². The molecular formula is C10H23N5. The molecule has 0 aromatic carbocycles. The molecule has 0 heterocycles. The van der Waals surface area contributed by atoms with Crippen LogP contribution in [0.15, 0.2) is 0 Å². The molecule has 1 saturated carbocycles. The van der Waals surface area contributed by atoms with Gasteiger partial charge in [0.05, 0.1) is 0 Å². The predicted molar refractivity (Wildman–Crippen MR) is 62.2 cm³/mol. The molecule has 0 aromatic rings. The lowest BCUT2D eigenvalue weighted by Gasteiger charge is -2.29. The Morgan fingerprint density at radius 1 is 1.47 bits per heavy atom. The van der Waals surface area contributed by atoms with E-state index in [4.69, 9.17) is 17.0 Å². The Morgan fingerprint density at radius 3 is 2.73 bits per heavy atom. The van der Waals surface area contributed by atoms with Crippen LogP contribution >= 0.6 is 0 Å². The summed E-state index contributed by atoms with van der Waals surface area (Å²) in [4.78, 5) is 0. The van der Waals surface area contributed by atoms with Crippen LogP contribution in [0, 0.1) is 17.2 Å². The molecule has 0 aliphatic heterocycles. The third kappa shape index (κ3) is 4.05. The summed E-state index contributed by atoms with van der Waals surface area (Å²) < 4.78 is 0. The van der Waals surface area contributed by atoms with Crippen molar-refractivity contribution < 1.29 is 0 Å². The Balaban J connectivity index is 2.23. The van der Waals surface area contributed by atoms with Gasteiger partial charge in [0.15, 0.2) is 0 Å². The minimum absolute atomic E-state index is 0.282. The lowest BCUT2D eigenvalue weighted by molar-refractivity contribution is 0.269. The average molecular weight is 213 g/mol. The molecule has 0 bridgehead atoms. The monoisotopic (exact) mass is 213 g/mol. The summed E-state index contributed by atoms with van der Waals surface area (Å²) in [5, 5.41) is 11.9. The van der Waals surface area contributed by atoms with Gasteiger partial charge in [-0.2, -0.15) is 0 Å². The van der Waals surface area contributed by atoms with E-state index in [2.05, 4.69) is 5.32 Å². The van der Waals surface area contributed by atoms with E-state index in [9.17, 15) is 0 Å². The Labute approximate surface area is 91.7 Å². The first-order valence-corrected chi connectivity index (χ1v) is 5.64. The van der Waals surface area contributed by atoms with Gasteiger partial charge in [-0.15, -0.1) is 0 Å². The Hall–Kier alpha value is -0.810. The molecule has 0 aromatic heterocycles. The van der Waals surface area contributed by atoms with Crippen LogP contribution < -0.4 is 16.9 Å². The summed E-state index contributed by atoms with van der Waals surface area (Å²) >= 11 is 0. The van der Waals surface area contributed by atoms with E-state index < -0.39 is 0 Å². The van der Waals surface area contributed by atoms with Crippen molar-refractivity contribution in [2.24, 2.45) is 23.4 Å². The molecule has 1 aliphatic rings. The van der Waals surface area contributed by atoms with E-state index in [0.29, 0.717) is 11.8 Å². The molecule has 1 fully saturated rings. The molecule has 88 valence electrons. The van der Waals surface area contributed by atoms with E-state index >= 15 is 0 Å². The third-order valence-corrected chi connectivity index (χ3v) is 3.14. The molecule has 0 radical (unpaired) electrons. The average Bonchev–Trinajstić information content (AvgIpc) is 2.26. The normalized spacial score (nSPS) is 26.1. The van der Waals surface area contributed by atoms with E-state index in [1.165, 1.54) is 30.7 Å². The third-order valence-electron chi connectivity index (χ3n) is 3.14. The van der Waals surface area contributed by atoms with Crippen LogP contribution in [-0.2, 0) is 0 Å². The van der Waals surface area contributed by atoms with Gasteiger partial charge in [0.1, 0.15) is 0 Å². The molecule has 6 N–H and O–H groups in total. The van der Waals surface area contributed by atoms with Gasteiger partial charge in [0.25, 0.3) is 0 Å². The summed E-state index contributed by atoms with van der Waals surface area (Å²) in [5.74, 6) is 7.04. The van der Waals surface area contributed by atoms with Crippen LogP contribution in [0.4, 0.5) is 0 Å². The second-order valence-corrected chi connectivity index (χ2v) is 4.47. The summed E-state index contributed by atoms with van der Waals surface area (Å²) in [7, 11) is 1.67. The van der Waals surface area contributed by atoms with Crippen LogP contribution in [-0.4, -0.2) is 31.1 Å². The van der Waals surface area contributed by atoms with Gasteiger partial charge in [-0.3, -0.25) is 10.4 Å². The van der Waals surface area contributed by atoms with E-state index in [-0.39, 0.29) is 5.96 Å². The van der Waals surface area contributed by atoms with Gasteiger partial charge in [-0.1, -0.05) is 6.42 Å². The standard InChI is InChI=1S/C10H23N5/c1-15(13)10(12)14-7-9-4-2-3-8(5-9)6-11/h8-9H,2-7,11,13H2,1H3,(H2,12,14)/t8-,9-/m1/s1. The quantitative estimate of drug-likeness (QED) is 0.231. The Morgan fingerprint density at radius 2 is 2.13 bits per heavy atom. The molecular weight excluding hydrogens is 190 g/mol. The minimum Gasteiger partial charge on any atom is -0.355 e. The number of rotatable bonds is 3. The van der Waals surface area contributed by atoms with Gasteiger partial charge >= 0.3 is 0 Å². The SMILES string of the molecule is CN(N)C(=N)NC[C@@H]1CCC[C@@H](CN)C1. The first-order valence-electron chi connectivity index (χ1n) is 5.64. The largest absolute Gasteiger partial charge is 0.355 e. The first-order chi connectivity index (χ1) is 7.13. The van der Waals surface area contributed by atoms with Gasteiger partial charge in [0, 0.05) is 13.6 Å². The van der Waals surface area contributed by atoms with Crippen LogP contribution in [0.2, 0.25) is 0 Å². The number of hydrogen-bond donors (Lipinski definition) is 4. The highest BCUT2D eigenvalue weighted by Crippen LogP contribution is 2.27. The molecule has 2 atom stereocenters. The van der Waals surface area contributed by atoms with E-state index in [1.807, 2.05) is 0 Å². The van der Waals surface area contributed by atoms with Gasteiger partial charge in [-0.25, -0.2) is 5.84 Å². The number of nitrogens with two attached hydrogens (primary N) is 2. The highest BCUT2D eigenvalue weighted by molar-refractivity contribution is 5.75. The molecule has 0 amide bonds. The predicted octanol–water partition coefficient (Wildman–Crippen LogP) is 0.0814. The zero-order valence-corrected chi connectivity index (χ0v) is 9.50. The van der Waals surface area contributed by atoms with Crippen molar-refractivity contribution in [3.05, 3.63) is 0 Å². The fraction of sp³-hybridized carbons (Fsp3) is 0.900. The summed E-state index contributed by atoms with van der Waals surface area (Å²) in [5.41, 5.74) is 5.68. The molecule has 15 heavy (non-hydrogen) atoms. The van der Waals surface area contributed by atoms with Crippen molar-refractivity contribution in [2.45, 2.75) is 25.7 Å². The van der Waals surface area contributed by atoms with Crippen LogP contribution in [0.5, 0.6) is 0 Å². The van der Waals surface area contributed by atoms with E-state index in [0.717, 1.165) is 13.1 Å². The molecule has 5 nitrogen and oxygen atoms in total. The van der Waals surface area contributed by atoms with Crippen molar-refractivity contribution in [3.8, 4) is 0 Å². The van der Waals surface area contributed by atoms with Crippen LogP contribution in [0.3, 0.4) is 0 Å².